The lowest BCUT2D eigenvalue weighted by Gasteiger charge is -2.17. The van der Waals surface area contributed by atoms with Crippen LogP contribution in [0.15, 0.2) is 23.3 Å². The molecule has 0 atom stereocenters. The summed E-state index contributed by atoms with van der Waals surface area (Å²) >= 11 is 0. The lowest BCUT2D eigenvalue weighted by Crippen LogP contribution is -2.02. The summed E-state index contributed by atoms with van der Waals surface area (Å²) in [5.41, 5.74) is 2.57. The Hall–Kier alpha value is -1.38. The van der Waals surface area contributed by atoms with Crippen LogP contribution in [0.2, 0.25) is 0 Å². The molecule has 0 amide bonds. The molecule has 1 fully saturated rings. The number of ether oxygens (including phenoxy) is 1. The number of allylic oxidation sites excluding steroid dienone is 3. The van der Waals surface area contributed by atoms with E-state index >= 15 is 0 Å². The van der Waals surface area contributed by atoms with E-state index in [1.807, 2.05) is 6.08 Å². The molecule has 1 rings (SSSR count). The van der Waals surface area contributed by atoms with Gasteiger partial charge in [-0.05, 0) is 51.5 Å². The third-order valence-corrected chi connectivity index (χ3v) is 3.36. The topological polar surface area (TPSA) is 43.4 Å². The third-order valence-electron chi connectivity index (χ3n) is 3.36. The molecule has 0 aliphatic heterocycles. The Balaban J connectivity index is 2.73. The lowest BCUT2D eigenvalue weighted by molar-refractivity contribution is -0.137. The van der Waals surface area contributed by atoms with Crippen LogP contribution < -0.4 is 0 Å². The van der Waals surface area contributed by atoms with Gasteiger partial charge < -0.3 is 9.53 Å². The Morgan fingerprint density at radius 2 is 1.79 bits per heavy atom. The molecule has 0 saturated heterocycles. The van der Waals surface area contributed by atoms with Crippen LogP contribution in [0.25, 0.3) is 0 Å². The fraction of sp³-hybridized carbons (Fsp3) is 0.625. The van der Waals surface area contributed by atoms with Crippen molar-refractivity contribution in [1.82, 2.24) is 0 Å². The molecule has 19 heavy (non-hydrogen) atoms. The average molecular weight is 264 g/mol. The van der Waals surface area contributed by atoms with Crippen molar-refractivity contribution >= 4 is 11.8 Å². The molecule has 1 aliphatic rings. The standard InChI is InChI=1S/C16H24O3/c1-3-19-16(18)12-11-15(10-9-13(2)17)14-7-5-4-6-8-14/h11-12H,3-10H2,1-2H3/b12-11+. The average Bonchev–Trinajstić information content (AvgIpc) is 2.40. The van der Waals surface area contributed by atoms with Crippen LogP contribution in [0.5, 0.6) is 0 Å². The van der Waals surface area contributed by atoms with Crippen molar-refractivity contribution in [3.63, 3.8) is 0 Å². The Morgan fingerprint density at radius 3 is 2.37 bits per heavy atom. The van der Waals surface area contributed by atoms with Gasteiger partial charge in [-0.2, -0.15) is 0 Å². The fourth-order valence-electron chi connectivity index (χ4n) is 2.35. The van der Waals surface area contributed by atoms with Crippen molar-refractivity contribution in [2.24, 2.45) is 0 Å². The number of hydrogen-bond donors (Lipinski definition) is 0. The van der Waals surface area contributed by atoms with Gasteiger partial charge in [0, 0.05) is 12.5 Å². The summed E-state index contributed by atoms with van der Waals surface area (Å²) < 4.78 is 4.89. The molecule has 0 unspecified atom stereocenters. The number of ketones is 1. The largest absolute Gasteiger partial charge is 0.463 e. The number of hydrogen-bond acceptors (Lipinski definition) is 3. The third kappa shape index (κ3) is 6.37. The van der Waals surface area contributed by atoms with E-state index in [0.29, 0.717) is 13.0 Å². The summed E-state index contributed by atoms with van der Waals surface area (Å²) in [5, 5.41) is 0. The van der Waals surface area contributed by atoms with Crippen LogP contribution in [-0.4, -0.2) is 18.4 Å². The highest BCUT2D eigenvalue weighted by atomic mass is 16.5. The predicted molar refractivity (Wildman–Crippen MR) is 75.8 cm³/mol. The molecule has 0 spiro atoms. The van der Waals surface area contributed by atoms with Crippen LogP contribution in [0, 0.1) is 0 Å². The van der Waals surface area contributed by atoms with E-state index in [-0.39, 0.29) is 11.8 Å². The van der Waals surface area contributed by atoms with Gasteiger partial charge in [0.05, 0.1) is 6.61 Å². The molecule has 0 aromatic rings. The van der Waals surface area contributed by atoms with Crippen molar-refractivity contribution in [2.75, 3.05) is 6.61 Å². The van der Waals surface area contributed by atoms with Gasteiger partial charge in [0.15, 0.2) is 0 Å². The smallest absolute Gasteiger partial charge is 0.330 e. The number of carbonyl (C=O) groups excluding carboxylic acids is 2. The molecule has 0 radical (unpaired) electrons. The first-order chi connectivity index (χ1) is 9.13. The monoisotopic (exact) mass is 264 g/mol. The molecule has 3 nitrogen and oxygen atoms in total. The molecule has 106 valence electrons. The molecule has 0 aromatic heterocycles. The van der Waals surface area contributed by atoms with Gasteiger partial charge in [0.1, 0.15) is 5.78 Å². The van der Waals surface area contributed by atoms with Crippen LogP contribution in [0.4, 0.5) is 0 Å². The van der Waals surface area contributed by atoms with Crippen molar-refractivity contribution in [3.8, 4) is 0 Å². The second-order valence-electron chi connectivity index (χ2n) is 4.98. The quantitative estimate of drug-likeness (QED) is 0.542. The fourth-order valence-corrected chi connectivity index (χ4v) is 2.35. The van der Waals surface area contributed by atoms with Crippen molar-refractivity contribution in [1.29, 1.82) is 0 Å². The number of esters is 1. The van der Waals surface area contributed by atoms with Crippen molar-refractivity contribution < 1.29 is 14.3 Å². The zero-order valence-electron chi connectivity index (χ0n) is 12.0. The van der Waals surface area contributed by atoms with Gasteiger partial charge in [-0.25, -0.2) is 4.79 Å². The SMILES string of the molecule is CCOC(=O)/C=C/C(CCC(C)=O)=C1CCCCC1. The molecule has 0 bridgehead atoms. The molecule has 1 saturated carbocycles. The van der Waals surface area contributed by atoms with Gasteiger partial charge in [-0.15, -0.1) is 0 Å². The molecule has 0 N–H and O–H groups in total. The van der Waals surface area contributed by atoms with Crippen LogP contribution >= 0.6 is 0 Å². The van der Waals surface area contributed by atoms with E-state index in [4.69, 9.17) is 4.74 Å². The minimum atomic E-state index is -0.306. The minimum absolute atomic E-state index is 0.193. The van der Waals surface area contributed by atoms with E-state index in [1.54, 1.807) is 13.8 Å². The van der Waals surface area contributed by atoms with Gasteiger partial charge in [-0.1, -0.05) is 18.1 Å². The summed E-state index contributed by atoms with van der Waals surface area (Å²) in [6.07, 6.45) is 10.5. The maximum atomic E-state index is 11.4. The summed E-state index contributed by atoms with van der Waals surface area (Å²) in [6, 6.07) is 0. The molecule has 0 aromatic carbocycles. The van der Waals surface area contributed by atoms with Gasteiger partial charge >= 0.3 is 5.97 Å². The Kier molecular flexibility index (Phi) is 7.16. The summed E-state index contributed by atoms with van der Waals surface area (Å²) in [7, 11) is 0. The minimum Gasteiger partial charge on any atom is -0.463 e. The second kappa shape index (κ2) is 8.68. The Morgan fingerprint density at radius 1 is 1.11 bits per heavy atom. The first-order valence-electron chi connectivity index (χ1n) is 7.18. The molecule has 0 heterocycles. The molecular weight excluding hydrogens is 240 g/mol. The maximum Gasteiger partial charge on any atom is 0.330 e. The van der Waals surface area contributed by atoms with E-state index in [0.717, 1.165) is 24.8 Å². The maximum absolute atomic E-state index is 11.4. The number of rotatable bonds is 6. The summed E-state index contributed by atoms with van der Waals surface area (Å²) in [4.78, 5) is 22.5. The van der Waals surface area contributed by atoms with Crippen LogP contribution in [-0.2, 0) is 14.3 Å². The zero-order valence-corrected chi connectivity index (χ0v) is 12.0. The van der Waals surface area contributed by atoms with Gasteiger partial charge in [-0.3, -0.25) is 0 Å². The van der Waals surface area contributed by atoms with E-state index in [9.17, 15) is 9.59 Å². The molecular formula is C16H24O3. The number of Topliss-reactive ketones (excluding diaryl/α,β-unsaturated/α-hetero) is 1. The first-order valence-corrected chi connectivity index (χ1v) is 7.18. The van der Waals surface area contributed by atoms with E-state index in [1.165, 1.54) is 30.9 Å². The molecule has 1 aliphatic carbocycles. The van der Waals surface area contributed by atoms with Crippen molar-refractivity contribution in [2.45, 2.75) is 58.8 Å². The highest BCUT2D eigenvalue weighted by molar-refractivity contribution is 5.82. The Bertz CT molecular complexity index is 369. The Labute approximate surface area is 115 Å². The zero-order chi connectivity index (χ0) is 14.1. The molecule has 3 heteroatoms. The normalized spacial score (nSPS) is 15.6. The highest BCUT2D eigenvalue weighted by Gasteiger charge is 2.10. The lowest BCUT2D eigenvalue weighted by atomic mass is 9.89. The van der Waals surface area contributed by atoms with E-state index in [2.05, 4.69) is 0 Å². The van der Waals surface area contributed by atoms with Crippen molar-refractivity contribution in [3.05, 3.63) is 23.3 Å². The van der Waals surface area contributed by atoms with Crippen LogP contribution in [0.1, 0.15) is 58.8 Å². The second-order valence-corrected chi connectivity index (χ2v) is 4.98. The summed E-state index contributed by atoms with van der Waals surface area (Å²) in [6.45, 7) is 3.79. The summed E-state index contributed by atoms with van der Waals surface area (Å²) in [5.74, 6) is -0.113. The number of carbonyl (C=O) groups is 2. The van der Waals surface area contributed by atoms with Gasteiger partial charge in [0.25, 0.3) is 0 Å². The predicted octanol–water partition coefficient (Wildman–Crippen LogP) is 3.74. The van der Waals surface area contributed by atoms with E-state index < -0.39 is 0 Å². The van der Waals surface area contributed by atoms with Crippen LogP contribution in [0.3, 0.4) is 0 Å². The highest BCUT2D eigenvalue weighted by Crippen LogP contribution is 2.28. The van der Waals surface area contributed by atoms with Gasteiger partial charge in [0.2, 0.25) is 0 Å². The first kappa shape index (κ1) is 15.7.